The molecule has 0 aromatic heterocycles. The maximum absolute atomic E-state index is 13.0. The van der Waals surface area contributed by atoms with E-state index in [1.165, 1.54) is 21.3 Å². The van der Waals surface area contributed by atoms with Crippen molar-refractivity contribution in [1.82, 2.24) is 4.31 Å². The first-order valence-corrected chi connectivity index (χ1v) is 12.8. The van der Waals surface area contributed by atoms with Crippen molar-refractivity contribution in [3.05, 3.63) is 48.5 Å². The zero-order chi connectivity index (χ0) is 22.1. The summed E-state index contributed by atoms with van der Waals surface area (Å²) in [6.45, 7) is 3.63. The average Bonchev–Trinajstić information content (AvgIpc) is 2.79. The smallest absolute Gasteiger partial charge is 0.243 e. The molecule has 7 nitrogen and oxygen atoms in total. The van der Waals surface area contributed by atoms with Crippen LogP contribution in [-0.2, 0) is 19.6 Å². The van der Waals surface area contributed by atoms with Gasteiger partial charge in [-0.3, -0.25) is 4.79 Å². The van der Waals surface area contributed by atoms with E-state index in [4.69, 9.17) is 9.47 Å². The number of carbonyl (C=O) groups excluding carboxylic acids is 1. The minimum Gasteiger partial charge on any atom is -0.492 e. The van der Waals surface area contributed by atoms with Crippen molar-refractivity contribution < 1.29 is 22.7 Å². The highest BCUT2D eigenvalue weighted by Crippen LogP contribution is 2.30. The van der Waals surface area contributed by atoms with Gasteiger partial charge in [0.25, 0.3) is 0 Å². The summed E-state index contributed by atoms with van der Waals surface area (Å²) >= 11 is 1.70. The van der Waals surface area contributed by atoms with Gasteiger partial charge in [0.15, 0.2) is 0 Å². The Labute approximate surface area is 188 Å². The van der Waals surface area contributed by atoms with Crippen LogP contribution in [0.15, 0.2) is 58.3 Å². The highest BCUT2D eigenvalue weighted by Gasteiger charge is 2.27. The van der Waals surface area contributed by atoms with Crippen molar-refractivity contribution in [2.45, 2.75) is 29.6 Å². The number of rotatable bonds is 10. The van der Waals surface area contributed by atoms with E-state index in [0.29, 0.717) is 57.2 Å². The highest BCUT2D eigenvalue weighted by molar-refractivity contribution is 7.99. The average molecular weight is 465 g/mol. The zero-order valence-corrected chi connectivity index (χ0v) is 19.2. The zero-order valence-electron chi connectivity index (χ0n) is 17.6. The summed E-state index contributed by atoms with van der Waals surface area (Å²) in [5, 5.41) is 2.83. The Kier molecular flexibility index (Phi) is 8.77. The number of amides is 1. The quantitative estimate of drug-likeness (QED) is 0.427. The Morgan fingerprint density at radius 3 is 2.61 bits per heavy atom. The Bertz CT molecular complexity index is 961. The largest absolute Gasteiger partial charge is 0.492 e. The molecule has 9 heteroatoms. The number of benzene rings is 2. The predicted octanol–water partition coefficient (Wildman–Crippen LogP) is 3.62. The first-order chi connectivity index (χ1) is 15.0. The van der Waals surface area contributed by atoms with E-state index < -0.39 is 10.0 Å². The van der Waals surface area contributed by atoms with Gasteiger partial charge in [-0.25, -0.2) is 8.42 Å². The van der Waals surface area contributed by atoms with Crippen LogP contribution in [0, 0.1) is 0 Å². The van der Waals surface area contributed by atoms with Crippen molar-refractivity contribution in [3.63, 3.8) is 0 Å². The van der Waals surface area contributed by atoms with Gasteiger partial charge >= 0.3 is 0 Å². The van der Waals surface area contributed by atoms with Gasteiger partial charge in [0.2, 0.25) is 15.9 Å². The molecule has 168 valence electrons. The van der Waals surface area contributed by atoms with Gasteiger partial charge in [0, 0.05) is 24.4 Å². The van der Waals surface area contributed by atoms with Crippen LogP contribution in [0.1, 0.15) is 19.8 Å². The Hall–Kier alpha value is -2.07. The molecule has 0 bridgehead atoms. The van der Waals surface area contributed by atoms with Crippen LogP contribution in [0.25, 0.3) is 0 Å². The van der Waals surface area contributed by atoms with Crippen LogP contribution in [0.3, 0.4) is 0 Å². The molecule has 0 unspecified atom stereocenters. The fraction of sp³-hybridized carbons (Fsp3) is 0.409. The fourth-order valence-electron chi connectivity index (χ4n) is 3.14. The molecule has 0 aliphatic carbocycles. The van der Waals surface area contributed by atoms with Gasteiger partial charge in [-0.2, -0.15) is 4.31 Å². The van der Waals surface area contributed by atoms with Gasteiger partial charge in [-0.1, -0.05) is 18.2 Å². The molecule has 1 heterocycles. The van der Waals surface area contributed by atoms with E-state index in [9.17, 15) is 13.2 Å². The van der Waals surface area contributed by atoms with E-state index in [1.807, 2.05) is 37.3 Å². The lowest BCUT2D eigenvalue weighted by atomic mass is 10.2. The summed E-state index contributed by atoms with van der Waals surface area (Å²) in [6, 6.07) is 14.6. The second-order valence-electron chi connectivity index (χ2n) is 6.92. The lowest BCUT2D eigenvalue weighted by Gasteiger charge is -2.26. The van der Waals surface area contributed by atoms with Crippen molar-refractivity contribution in [1.29, 1.82) is 0 Å². The second-order valence-corrected chi connectivity index (χ2v) is 10.0. The van der Waals surface area contributed by atoms with E-state index in [0.717, 1.165) is 5.75 Å². The van der Waals surface area contributed by atoms with Gasteiger partial charge < -0.3 is 14.8 Å². The number of hydrogen-bond acceptors (Lipinski definition) is 6. The maximum Gasteiger partial charge on any atom is 0.243 e. The lowest BCUT2D eigenvalue weighted by Crippen LogP contribution is -2.40. The molecule has 0 saturated carbocycles. The maximum atomic E-state index is 13.0. The number of morpholine rings is 1. The summed E-state index contributed by atoms with van der Waals surface area (Å²) in [5.41, 5.74) is 0.372. The van der Waals surface area contributed by atoms with Crippen molar-refractivity contribution in [3.8, 4) is 5.75 Å². The SMILES string of the molecule is CCOc1ccc(S(=O)(=O)N2CCOCC2)cc1NC(=O)CCCSc1ccccc1. The first kappa shape index (κ1) is 23.6. The molecular weight excluding hydrogens is 436 g/mol. The van der Waals surface area contributed by atoms with E-state index in [-0.39, 0.29) is 10.8 Å². The molecule has 1 N–H and O–H groups in total. The fourth-order valence-corrected chi connectivity index (χ4v) is 5.45. The standard InChI is InChI=1S/C22H28N2O5S2/c1-2-29-21-11-10-19(31(26,27)24-12-14-28-15-13-24)17-20(21)23-22(25)9-6-16-30-18-7-4-3-5-8-18/h3-5,7-8,10-11,17H,2,6,9,12-16H2,1H3,(H,23,25). The number of hydrogen-bond donors (Lipinski definition) is 1. The molecule has 1 amide bonds. The molecule has 0 spiro atoms. The molecule has 0 radical (unpaired) electrons. The third kappa shape index (κ3) is 6.70. The molecule has 1 aliphatic rings. The molecule has 1 aliphatic heterocycles. The topological polar surface area (TPSA) is 84.9 Å². The first-order valence-electron chi connectivity index (χ1n) is 10.3. The number of thioether (sulfide) groups is 1. The monoisotopic (exact) mass is 464 g/mol. The van der Waals surface area contributed by atoms with Crippen LogP contribution < -0.4 is 10.1 Å². The van der Waals surface area contributed by atoms with Gasteiger partial charge in [-0.05, 0) is 49.4 Å². The molecular formula is C22H28N2O5S2. The Morgan fingerprint density at radius 1 is 1.16 bits per heavy atom. The summed E-state index contributed by atoms with van der Waals surface area (Å²) in [6.07, 6.45) is 1.05. The molecule has 2 aromatic rings. The number of anilines is 1. The van der Waals surface area contributed by atoms with Crippen LogP contribution in [0.2, 0.25) is 0 Å². The summed E-state index contributed by atoms with van der Waals surface area (Å²) in [5.74, 6) is 1.10. The molecule has 2 aromatic carbocycles. The van der Waals surface area contributed by atoms with Gasteiger partial charge in [0.1, 0.15) is 5.75 Å². The van der Waals surface area contributed by atoms with Crippen LogP contribution in [-0.4, -0.2) is 57.3 Å². The van der Waals surface area contributed by atoms with Crippen LogP contribution in [0.4, 0.5) is 5.69 Å². The number of nitrogens with one attached hydrogen (secondary N) is 1. The third-order valence-corrected chi connectivity index (χ3v) is 7.69. The van der Waals surface area contributed by atoms with Crippen LogP contribution in [0.5, 0.6) is 5.75 Å². The van der Waals surface area contributed by atoms with Crippen molar-refractivity contribution in [2.75, 3.05) is 44.0 Å². The van der Waals surface area contributed by atoms with E-state index in [1.54, 1.807) is 17.8 Å². The van der Waals surface area contributed by atoms with Crippen molar-refractivity contribution in [2.24, 2.45) is 0 Å². The normalized spacial score (nSPS) is 14.9. The molecule has 31 heavy (non-hydrogen) atoms. The number of ether oxygens (including phenoxy) is 2. The minimum absolute atomic E-state index is 0.132. The van der Waals surface area contributed by atoms with Gasteiger partial charge in [0.05, 0.1) is 30.4 Å². The number of sulfonamides is 1. The van der Waals surface area contributed by atoms with Gasteiger partial charge in [-0.15, -0.1) is 11.8 Å². The molecule has 1 saturated heterocycles. The Morgan fingerprint density at radius 2 is 1.90 bits per heavy atom. The van der Waals surface area contributed by atoms with E-state index in [2.05, 4.69) is 5.32 Å². The number of carbonyl (C=O) groups is 1. The molecule has 3 rings (SSSR count). The van der Waals surface area contributed by atoms with Crippen molar-refractivity contribution >= 4 is 33.4 Å². The molecule has 1 fully saturated rings. The lowest BCUT2D eigenvalue weighted by molar-refractivity contribution is -0.116. The minimum atomic E-state index is -3.66. The predicted molar refractivity (Wildman–Crippen MR) is 122 cm³/mol. The Balaban J connectivity index is 1.64. The van der Waals surface area contributed by atoms with E-state index >= 15 is 0 Å². The molecule has 0 atom stereocenters. The highest BCUT2D eigenvalue weighted by atomic mass is 32.2. The summed E-state index contributed by atoms with van der Waals surface area (Å²) in [7, 11) is -3.66. The second kappa shape index (κ2) is 11.5. The summed E-state index contributed by atoms with van der Waals surface area (Å²) < 4.78 is 38.1. The van der Waals surface area contributed by atoms with Crippen LogP contribution >= 0.6 is 11.8 Å². The third-order valence-electron chi connectivity index (χ3n) is 4.69. The summed E-state index contributed by atoms with van der Waals surface area (Å²) in [4.78, 5) is 13.8. The number of nitrogens with zero attached hydrogens (tertiary/aromatic N) is 1.